The number of carbonyl (C=O) groups excluding carboxylic acids is 1. The third-order valence-electron chi connectivity index (χ3n) is 4.38. The van der Waals surface area contributed by atoms with Crippen molar-refractivity contribution < 1.29 is 9.90 Å². The van der Waals surface area contributed by atoms with Crippen molar-refractivity contribution in [2.24, 2.45) is 10.1 Å². The maximum absolute atomic E-state index is 11.9. The number of fused-ring (bicyclic) bond motifs is 1. The van der Waals surface area contributed by atoms with Gasteiger partial charge in [-0.05, 0) is 28.5 Å². The molecule has 0 fully saturated rings. The van der Waals surface area contributed by atoms with Crippen molar-refractivity contribution in [3.8, 4) is 5.75 Å². The Morgan fingerprint density at radius 3 is 2.12 bits per heavy atom. The Kier molecular flexibility index (Phi) is 5.64. The van der Waals surface area contributed by atoms with Gasteiger partial charge in [0.2, 0.25) is 0 Å². The van der Waals surface area contributed by atoms with Gasteiger partial charge in [0, 0.05) is 16.9 Å². The predicted octanol–water partition coefficient (Wildman–Crippen LogP) is 4.21. The largest absolute Gasteiger partial charge is 0.507 e. The van der Waals surface area contributed by atoms with Gasteiger partial charge < -0.3 is 5.11 Å². The van der Waals surface area contributed by atoms with Crippen molar-refractivity contribution in [3.05, 3.63) is 28.8 Å². The molecule has 1 aromatic rings. The lowest BCUT2D eigenvalue weighted by atomic mass is 9.78. The van der Waals surface area contributed by atoms with Crippen LogP contribution < -0.4 is 0 Å². The van der Waals surface area contributed by atoms with Crippen LogP contribution in [0, 0.1) is 0 Å². The molecule has 7 heteroatoms. The number of amides is 1. The summed E-state index contributed by atoms with van der Waals surface area (Å²) in [7, 11) is 0. The van der Waals surface area contributed by atoms with Gasteiger partial charge in [0.25, 0.3) is 5.91 Å². The maximum Gasteiger partial charge on any atom is 0.271 e. The molecule has 0 aliphatic carbocycles. The molecule has 2 aliphatic heterocycles. The highest BCUT2D eigenvalue weighted by Crippen LogP contribution is 2.40. The first kappa shape index (κ1) is 21.0. The van der Waals surface area contributed by atoms with Crippen LogP contribution in [0.2, 0.25) is 0 Å². The van der Waals surface area contributed by atoms with E-state index in [1.54, 1.807) is 0 Å². The van der Waals surface area contributed by atoms with E-state index >= 15 is 0 Å². The summed E-state index contributed by atoms with van der Waals surface area (Å²) < 4.78 is 0. The van der Waals surface area contributed by atoms with Gasteiger partial charge >= 0.3 is 0 Å². The minimum absolute atomic E-state index is 0. The van der Waals surface area contributed by atoms with Gasteiger partial charge in [0.15, 0.2) is 5.17 Å². The highest BCUT2D eigenvalue weighted by atomic mass is 79.9. The lowest BCUT2D eigenvalue weighted by Gasteiger charge is -2.29. The molecule has 1 N–H and O–H groups in total. The van der Waals surface area contributed by atoms with Crippen LogP contribution in [0.3, 0.4) is 0 Å². The summed E-state index contributed by atoms with van der Waals surface area (Å²) in [6.45, 7) is 12.7. The first-order valence-corrected chi connectivity index (χ1v) is 9.43. The molecule has 2 heterocycles. The van der Waals surface area contributed by atoms with Crippen LogP contribution in [0.4, 0.5) is 0 Å². The number of phenolic OH excluding ortho intramolecular Hbond substituents is 1. The van der Waals surface area contributed by atoms with Gasteiger partial charge in [0.05, 0.1) is 5.71 Å². The Morgan fingerprint density at radius 2 is 1.62 bits per heavy atom. The topological polar surface area (TPSA) is 65.3 Å². The number of amidine groups is 1. The van der Waals surface area contributed by atoms with E-state index < -0.39 is 0 Å². The number of carbonyl (C=O) groups is 1. The van der Waals surface area contributed by atoms with E-state index in [-0.39, 0.29) is 40.3 Å². The average Bonchev–Trinajstić information content (AvgIpc) is 2.86. The Bertz CT molecular complexity index is 769. The van der Waals surface area contributed by atoms with Gasteiger partial charge in [-0.2, -0.15) is 10.1 Å². The standard InChI is InChI=1S/C19H25N3O2S.BrH/c1-18(2,3)12-7-11(8-13(16(12)24)19(4,5)6)14-10-25-17-20-9-15(23)22(17)21-14;/h7-8,24H,9-10H2,1-6H3;1H. The number of rotatable bonds is 1. The smallest absolute Gasteiger partial charge is 0.271 e. The van der Waals surface area contributed by atoms with E-state index in [0.717, 1.165) is 22.4 Å². The second-order valence-corrected chi connectivity index (χ2v) is 9.50. The summed E-state index contributed by atoms with van der Waals surface area (Å²) in [6.07, 6.45) is 0. The van der Waals surface area contributed by atoms with E-state index in [1.165, 1.54) is 16.8 Å². The molecular formula is C19H26BrN3O2S. The van der Waals surface area contributed by atoms with Gasteiger partial charge in [-0.3, -0.25) is 9.79 Å². The number of aliphatic imine (C=N–C) groups is 1. The molecule has 0 bridgehead atoms. The van der Waals surface area contributed by atoms with E-state index in [9.17, 15) is 9.90 Å². The summed E-state index contributed by atoms with van der Waals surface area (Å²) in [6, 6.07) is 4.01. The minimum Gasteiger partial charge on any atom is -0.507 e. The van der Waals surface area contributed by atoms with Crippen LogP contribution in [0.15, 0.2) is 22.2 Å². The Hall–Kier alpha value is -1.34. The van der Waals surface area contributed by atoms with Gasteiger partial charge in [-0.15, -0.1) is 17.0 Å². The van der Waals surface area contributed by atoms with Crippen LogP contribution >= 0.6 is 28.7 Å². The second-order valence-electron chi connectivity index (χ2n) is 8.56. The fourth-order valence-electron chi connectivity index (χ4n) is 2.95. The quantitative estimate of drug-likeness (QED) is 0.712. The van der Waals surface area contributed by atoms with Crippen molar-refractivity contribution >= 4 is 45.5 Å². The van der Waals surface area contributed by atoms with Crippen molar-refractivity contribution in [2.45, 2.75) is 52.4 Å². The van der Waals surface area contributed by atoms with Gasteiger partial charge in [-0.25, -0.2) is 0 Å². The number of aromatic hydroxyl groups is 1. The second kappa shape index (κ2) is 7.00. The molecule has 5 nitrogen and oxygen atoms in total. The molecule has 0 saturated carbocycles. The fourth-order valence-corrected chi connectivity index (χ4v) is 3.86. The molecule has 0 radical (unpaired) electrons. The Balaban J connectivity index is 0.00000243. The third-order valence-corrected chi connectivity index (χ3v) is 5.36. The zero-order valence-corrected chi connectivity index (χ0v) is 18.6. The highest BCUT2D eigenvalue weighted by Gasteiger charge is 2.32. The zero-order chi connectivity index (χ0) is 18.6. The molecular weight excluding hydrogens is 414 g/mol. The molecule has 1 amide bonds. The maximum atomic E-state index is 11.9. The van der Waals surface area contributed by atoms with E-state index in [2.05, 4.69) is 51.6 Å². The number of thioether (sulfide) groups is 1. The number of hydrazone groups is 1. The van der Waals surface area contributed by atoms with Crippen LogP contribution in [-0.4, -0.2) is 39.2 Å². The molecule has 2 aliphatic rings. The van der Waals surface area contributed by atoms with Crippen molar-refractivity contribution in [1.29, 1.82) is 0 Å². The number of halogens is 1. The lowest BCUT2D eigenvalue weighted by molar-refractivity contribution is -0.124. The van der Waals surface area contributed by atoms with Crippen LogP contribution in [0.1, 0.15) is 58.2 Å². The zero-order valence-electron chi connectivity index (χ0n) is 16.1. The molecule has 0 unspecified atom stereocenters. The number of nitrogens with zero attached hydrogens (tertiary/aromatic N) is 3. The van der Waals surface area contributed by atoms with Crippen LogP contribution in [0.25, 0.3) is 0 Å². The number of hydrogen-bond acceptors (Lipinski definition) is 5. The molecule has 1 aromatic carbocycles. The minimum atomic E-state index is -0.196. The monoisotopic (exact) mass is 439 g/mol. The summed E-state index contributed by atoms with van der Waals surface area (Å²) in [5, 5.41) is 17.5. The van der Waals surface area contributed by atoms with Crippen molar-refractivity contribution in [3.63, 3.8) is 0 Å². The predicted molar refractivity (Wildman–Crippen MR) is 114 cm³/mol. The van der Waals surface area contributed by atoms with Crippen LogP contribution in [-0.2, 0) is 15.6 Å². The van der Waals surface area contributed by atoms with Gasteiger partial charge in [-0.1, -0.05) is 53.3 Å². The normalized spacial score (nSPS) is 17.5. The van der Waals surface area contributed by atoms with Gasteiger partial charge in [0.1, 0.15) is 12.3 Å². The summed E-state index contributed by atoms with van der Waals surface area (Å²) >= 11 is 1.53. The Labute approximate surface area is 169 Å². The molecule has 0 spiro atoms. The van der Waals surface area contributed by atoms with Crippen molar-refractivity contribution in [2.75, 3.05) is 12.3 Å². The molecule has 3 rings (SSSR count). The number of phenols is 1. The third kappa shape index (κ3) is 3.83. The molecule has 0 atom stereocenters. The first-order valence-electron chi connectivity index (χ1n) is 8.44. The van der Waals surface area contributed by atoms with E-state index in [1.807, 2.05) is 12.1 Å². The molecule has 0 aromatic heterocycles. The number of benzene rings is 1. The van der Waals surface area contributed by atoms with E-state index in [0.29, 0.717) is 16.7 Å². The molecule has 0 saturated heterocycles. The first-order chi connectivity index (χ1) is 11.5. The summed E-state index contributed by atoms with van der Waals surface area (Å²) in [5.74, 6) is 0.929. The summed E-state index contributed by atoms with van der Waals surface area (Å²) in [4.78, 5) is 16.1. The summed E-state index contributed by atoms with van der Waals surface area (Å²) in [5.41, 5.74) is 3.20. The fraction of sp³-hybridized carbons (Fsp3) is 0.526. The Morgan fingerprint density at radius 1 is 1.08 bits per heavy atom. The highest BCUT2D eigenvalue weighted by molar-refractivity contribution is 8.93. The average molecular weight is 440 g/mol. The molecule has 26 heavy (non-hydrogen) atoms. The van der Waals surface area contributed by atoms with Crippen LogP contribution in [0.5, 0.6) is 5.75 Å². The lowest BCUT2D eigenvalue weighted by Crippen LogP contribution is -2.32. The molecule has 142 valence electrons. The SMILES string of the molecule is Br.CC(C)(C)c1cc(C2=NN3C(=O)CN=C3SC2)cc(C(C)(C)C)c1O. The number of hydrogen-bond donors (Lipinski definition) is 1. The van der Waals surface area contributed by atoms with E-state index in [4.69, 9.17) is 0 Å². The van der Waals surface area contributed by atoms with Crippen molar-refractivity contribution in [1.82, 2.24) is 5.01 Å².